The number of halogens is 1. The number of fused-ring (bicyclic) bond motifs is 1. The summed E-state index contributed by atoms with van der Waals surface area (Å²) in [5.41, 5.74) is 10.3. The number of aryl methyl sites for hydroxylation is 1. The molecule has 2 aromatic carbocycles. The molecule has 0 saturated heterocycles. The van der Waals surface area contributed by atoms with Crippen LogP contribution in [0.2, 0.25) is 0 Å². The highest BCUT2D eigenvalue weighted by molar-refractivity contribution is 9.10. The van der Waals surface area contributed by atoms with Crippen LogP contribution in [0.25, 0.3) is 33.8 Å². The number of H-pyrrole nitrogens is 1. The molecule has 6 nitrogen and oxygen atoms in total. The molecular weight excluding hydrogens is 382 g/mol. The molecule has 0 aliphatic heterocycles. The van der Waals surface area contributed by atoms with Gasteiger partial charge < -0.3 is 15.8 Å². The van der Waals surface area contributed by atoms with Crippen molar-refractivity contribution in [1.29, 1.82) is 0 Å². The van der Waals surface area contributed by atoms with Crippen molar-refractivity contribution in [2.45, 2.75) is 6.54 Å². The van der Waals surface area contributed by atoms with Crippen molar-refractivity contribution < 1.29 is 5.11 Å². The Morgan fingerprint density at radius 3 is 2.68 bits per heavy atom. The molecule has 0 fully saturated rings. The van der Waals surface area contributed by atoms with Crippen LogP contribution in [0.15, 0.2) is 46.9 Å². The van der Waals surface area contributed by atoms with Crippen molar-refractivity contribution in [3.63, 3.8) is 0 Å². The highest BCUT2D eigenvalue weighted by Crippen LogP contribution is 2.37. The minimum absolute atomic E-state index is 0.0999. The molecule has 126 valence electrons. The molecular formula is C18H16BrN5O. The van der Waals surface area contributed by atoms with Crippen LogP contribution in [0.3, 0.4) is 0 Å². The van der Waals surface area contributed by atoms with Gasteiger partial charge in [0, 0.05) is 23.6 Å². The summed E-state index contributed by atoms with van der Waals surface area (Å²) in [6.07, 6.45) is 0. The lowest BCUT2D eigenvalue weighted by atomic mass is 10.1. The molecule has 25 heavy (non-hydrogen) atoms. The molecule has 0 aliphatic rings. The Hall–Kier alpha value is -2.64. The number of rotatable bonds is 3. The fourth-order valence-electron chi connectivity index (χ4n) is 2.88. The van der Waals surface area contributed by atoms with E-state index in [1.807, 2.05) is 42.5 Å². The van der Waals surface area contributed by atoms with Crippen LogP contribution in [-0.2, 0) is 13.6 Å². The van der Waals surface area contributed by atoms with E-state index in [0.29, 0.717) is 23.8 Å². The van der Waals surface area contributed by atoms with E-state index in [1.54, 1.807) is 11.7 Å². The van der Waals surface area contributed by atoms with Crippen molar-refractivity contribution in [3.05, 3.63) is 52.5 Å². The number of aromatic amines is 1. The molecule has 0 saturated carbocycles. The predicted octanol–water partition coefficient (Wildman–Crippen LogP) is 3.56. The van der Waals surface area contributed by atoms with E-state index in [-0.39, 0.29) is 5.75 Å². The number of nitrogens with one attached hydrogen (secondary N) is 1. The van der Waals surface area contributed by atoms with Crippen molar-refractivity contribution >= 4 is 27.0 Å². The summed E-state index contributed by atoms with van der Waals surface area (Å²) in [5.74, 6) is 0.669. The van der Waals surface area contributed by atoms with Gasteiger partial charge in [-0.3, -0.25) is 4.68 Å². The molecule has 0 unspecified atom stereocenters. The van der Waals surface area contributed by atoms with E-state index < -0.39 is 0 Å². The number of aromatic nitrogens is 4. The van der Waals surface area contributed by atoms with Gasteiger partial charge in [-0.05, 0) is 29.8 Å². The number of nitrogens with zero attached hydrogens (tertiary/aromatic N) is 3. The number of hydrogen-bond donors (Lipinski definition) is 3. The smallest absolute Gasteiger partial charge is 0.173 e. The van der Waals surface area contributed by atoms with E-state index in [4.69, 9.17) is 5.73 Å². The quantitative estimate of drug-likeness (QED) is 0.492. The van der Waals surface area contributed by atoms with Gasteiger partial charge in [-0.25, -0.2) is 4.98 Å². The number of aromatic hydroxyl groups is 1. The first-order valence-corrected chi connectivity index (χ1v) is 8.57. The van der Waals surface area contributed by atoms with E-state index in [0.717, 1.165) is 26.6 Å². The first-order chi connectivity index (χ1) is 12.1. The third kappa shape index (κ3) is 2.71. The molecule has 4 rings (SSSR count). The van der Waals surface area contributed by atoms with Crippen molar-refractivity contribution in [3.8, 4) is 28.5 Å². The Morgan fingerprint density at radius 1 is 1.20 bits per heavy atom. The third-order valence-corrected chi connectivity index (χ3v) is 4.67. The normalized spacial score (nSPS) is 11.3. The van der Waals surface area contributed by atoms with Gasteiger partial charge in [-0.1, -0.05) is 34.1 Å². The number of nitrogens with two attached hydrogens (primary N) is 1. The highest BCUT2D eigenvalue weighted by Gasteiger charge is 2.21. The number of benzene rings is 2. The predicted molar refractivity (Wildman–Crippen MR) is 101 cm³/mol. The second-order valence-electron chi connectivity index (χ2n) is 5.82. The maximum absolute atomic E-state index is 10.7. The van der Waals surface area contributed by atoms with E-state index in [9.17, 15) is 5.11 Å². The van der Waals surface area contributed by atoms with Crippen molar-refractivity contribution in [2.75, 3.05) is 0 Å². The van der Waals surface area contributed by atoms with Gasteiger partial charge in [-0.15, -0.1) is 0 Å². The second-order valence-corrected chi connectivity index (χ2v) is 6.73. The van der Waals surface area contributed by atoms with E-state index in [1.165, 1.54) is 0 Å². The fraction of sp³-hybridized carbons (Fsp3) is 0.111. The molecule has 2 aromatic heterocycles. The number of hydrogen-bond acceptors (Lipinski definition) is 4. The zero-order valence-electron chi connectivity index (χ0n) is 13.5. The molecule has 7 heteroatoms. The van der Waals surface area contributed by atoms with Gasteiger partial charge in [0.1, 0.15) is 11.4 Å². The SMILES string of the molecule is Cn1nc(-c2ccc(Br)cc2)c(O)c1-c1nc2ccc(CN)cc2[nH]1. The Labute approximate surface area is 152 Å². The van der Waals surface area contributed by atoms with Crippen LogP contribution in [0.4, 0.5) is 0 Å². The molecule has 0 radical (unpaired) electrons. The van der Waals surface area contributed by atoms with Crippen LogP contribution in [0.1, 0.15) is 5.56 Å². The van der Waals surface area contributed by atoms with Crippen molar-refractivity contribution in [1.82, 2.24) is 19.7 Å². The van der Waals surface area contributed by atoms with E-state index >= 15 is 0 Å². The first-order valence-electron chi connectivity index (χ1n) is 7.78. The standard InChI is InChI=1S/C18H16BrN5O/c1-24-16(17(25)15(23-24)11-3-5-12(19)6-4-11)18-21-13-7-2-10(9-20)8-14(13)22-18/h2-8,25H,9,20H2,1H3,(H,21,22). The largest absolute Gasteiger partial charge is 0.504 e. The third-order valence-electron chi connectivity index (χ3n) is 4.15. The zero-order chi connectivity index (χ0) is 17.6. The average Bonchev–Trinajstić information content (AvgIpc) is 3.15. The monoisotopic (exact) mass is 397 g/mol. The molecule has 0 spiro atoms. The Morgan fingerprint density at radius 2 is 1.96 bits per heavy atom. The summed E-state index contributed by atoms with van der Waals surface area (Å²) in [5, 5.41) is 15.2. The van der Waals surface area contributed by atoms with Crippen LogP contribution in [0.5, 0.6) is 5.75 Å². The lowest BCUT2D eigenvalue weighted by Gasteiger charge is -1.99. The van der Waals surface area contributed by atoms with Crippen molar-refractivity contribution in [2.24, 2.45) is 12.8 Å². The van der Waals surface area contributed by atoms with Gasteiger partial charge in [0.05, 0.1) is 11.0 Å². The summed E-state index contributed by atoms with van der Waals surface area (Å²) >= 11 is 3.41. The molecule has 4 N–H and O–H groups in total. The molecule has 0 bridgehead atoms. The lowest BCUT2D eigenvalue weighted by Crippen LogP contribution is -1.95. The summed E-state index contributed by atoms with van der Waals surface area (Å²) in [6, 6.07) is 13.5. The van der Waals surface area contributed by atoms with Crippen LogP contribution >= 0.6 is 15.9 Å². The molecule has 0 atom stereocenters. The lowest BCUT2D eigenvalue weighted by molar-refractivity contribution is 0.478. The molecule has 4 aromatic rings. The van der Waals surface area contributed by atoms with Gasteiger partial charge in [-0.2, -0.15) is 5.10 Å². The fourth-order valence-corrected chi connectivity index (χ4v) is 3.14. The maximum atomic E-state index is 10.7. The van der Waals surface area contributed by atoms with Gasteiger partial charge in [0.2, 0.25) is 0 Å². The van der Waals surface area contributed by atoms with Crippen LogP contribution < -0.4 is 5.73 Å². The van der Waals surface area contributed by atoms with Gasteiger partial charge in [0.15, 0.2) is 11.6 Å². The van der Waals surface area contributed by atoms with Gasteiger partial charge in [0.25, 0.3) is 0 Å². The molecule has 0 aliphatic carbocycles. The Balaban J connectivity index is 1.84. The minimum atomic E-state index is 0.0999. The second kappa shape index (κ2) is 6.02. The Bertz CT molecular complexity index is 1070. The Kier molecular flexibility index (Phi) is 3.82. The summed E-state index contributed by atoms with van der Waals surface area (Å²) in [4.78, 5) is 7.82. The van der Waals surface area contributed by atoms with Crippen LogP contribution in [0, 0.1) is 0 Å². The summed E-state index contributed by atoms with van der Waals surface area (Å²) in [6.45, 7) is 0.467. The van der Waals surface area contributed by atoms with Gasteiger partial charge >= 0.3 is 0 Å². The molecule has 2 heterocycles. The number of imidazole rings is 1. The first kappa shape index (κ1) is 15.9. The average molecular weight is 398 g/mol. The molecule has 0 amide bonds. The van der Waals surface area contributed by atoms with E-state index in [2.05, 4.69) is 31.0 Å². The zero-order valence-corrected chi connectivity index (χ0v) is 15.1. The minimum Gasteiger partial charge on any atom is -0.504 e. The summed E-state index contributed by atoms with van der Waals surface area (Å²) in [7, 11) is 1.79. The maximum Gasteiger partial charge on any atom is 0.173 e. The summed E-state index contributed by atoms with van der Waals surface area (Å²) < 4.78 is 2.61. The van der Waals surface area contributed by atoms with Crippen LogP contribution in [-0.4, -0.2) is 24.9 Å². The topological polar surface area (TPSA) is 92.8 Å². The highest BCUT2D eigenvalue weighted by atomic mass is 79.9.